The Bertz CT molecular complexity index is 667. The molecule has 0 N–H and O–H groups in total. The van der Waals surface area contributed by atoms with Gasteiger partial charge >= 0.3 is 0 Å². The molecule has 0 bridgehead atoms. The van der Waals surface area contributed by atoms with Gasteiger partial charge in [0.2, 0.25) is 0 Å². The molecular formula is C37H60. The van der Waals surface area contributed by atoms with Crippen molar-refractivity contribution in [3.8, 4) is 0 Å². The van der Waals surface area contributed by atoms with Crippen LogP contribution < -0.4 is 0 Å². The average molecular weight is 505 g/mol. The largest absolute Gasteiger partial charge is 0.0999 e. The summed E-state index contributed by atoms with van der Waals surface area (Å²) in [6.45, 7) is 26.7. The van der Waals surface area contributed by atoms with E-state index in [1.54, 1.807) is 0 Å². The summed E-state index contributed by atoms with van der Waals surface area (Å²) in [5, 5.41) is 0. The second-order valence-corrected chi connectivity index (χ2v) is 14.6. The summed E-state index contributed by atoms with van der Waals surface area (Å²) in [4.78, 5) is 0. The van der Waals surface area contributed by atoms with E-state index in [2.05, 4.69) is 54.0 Å². The van der Waals surface area contributed by atoms with Crippen LogP contribution in [0.15, 0.2) is 48.6 Å². The zero-order valence-electron chi connectivity index (χ0n) is 25.3. The Morgan fingerprint density at radius 3 is 0.649 bits per heavy atom. The maximum Gasteiger partial charge on any atom is -0.0184 e. The summed E-state index contributed by atoms with van der Waals surface area (Å²) in [5.74, 6) is 6.77. The van der Waals surface area contributed by atoms with E-state index in [4.69, 9.17) is 0 Å². The van der Waals surface area contributed by atoms with E-state index in [0.717, 1.165) is 47.3 Å². The van der Waals surface area contributed by atoms with Crippen molar-refractivity contribution in [1.29, 1.82) is 0 Å². The quantitative estimate of drug-likeness (QED) is 0.288. The Morgan fingerprint density at radius 2 is 0.514 bits per heavy atom. The van der Waals surface area contributed by atoms with Gasteiger partial charge in [-0.05, 0) is 183 Å². The first kappa shape index (κ1) is 29.0. The van der Waals surface area contributed by atoms with Crippen molar-refractivity contribution in [1.82, 2.24) is 0 Å². The minimum Gasteiger partial charge on any atom is -0.0999 e. The number of rotatable bonds is 8. The van der Waals surface area contributed by atoms with E-state index in [0.29, 0.717) is 5.41 Å². The Kier molecular flexibility index (Phi) is 9.73. The minimum atomic E-state index is 0.556. The van der Waals surface area contributed by atoms with Gasteiger partial charge in [0.25, 0.3) is 0 Å². The van der Waals surface area contributed by atoms with E-state index in [-0.39, 0.29) is 0 Å². The van der Waals surface area contributed by atoms with E-state index in [1.807, 2.05) is 0 Å². The molecule has 4 fully saturated rings. The van der Waals surface area contributed by atoms with Crippen molar-refractivity contribution < 1.29 is 0 Å². The molecule has 4 saturated carbocycles. The van der Waals surface area contributed by atoms with E-state index in [9.17, 15) is 0 Å². The van der Waals surface area contributed by atoms with Crippen LogP contribution in [0.4, 0.5) is 0 Å². The highest BCUT2D eigenvalue weighted by molar-refractivity contribution is 5.11. The monoisotopic (exact) mass is 504 g/mol. The van der Waals surface area contributed by atoms with Crippen LogP contribution in [0.25, 0.3) is 0 Å². The van der Waals surface area contributed by atoms with Crippen LogP contribution in [0.5, 0.6) is 0 Å². The fourth-order valence-corrected chi connectivity index (χ4v) is 10.3. The highest BCUT2D eigenvalue weighted by Gasteiger charge is 2.56. The standard InChI is InChI=1S/C37H60/c1-25(2)29-9-17-33(18-10-29)37(34-19-11-30(12-20-34)26(3)4,35-21-13-31(14-22-35)27(5)6)36-23-15-32(16-24-36)28(7)8/h29-36H,1,3,5,7,9-24H2,2,4,6,8H3. The summed E-state index contributed by atoms with van der Waals surface area (Å²) in [7, 11) is 0. The summed E-state index contributed by atoms with van der Waals surface area (Å²) >= 11 is 0. The average Bonchev–Trinajstić information content (AvgIpc) is 2.90. The van der Waals surface area contributed by atoms with Crippen molar-refractivity contribution in [3.63, 3.8) is 0 Å². The Hall–Kier alpha value is -1.04. The van der Waals surface area contributed by atoms with E-state index < -0.39 is 0 Å². The molecule has 0 saturated heterocycles. The third-order valence-corrected chi connectivity index (χ3v) is 12.5. The van der Waals surface area contributed by atoms with Gasteiger partial charge in [-0.3, -0.25) is 0 Å². The first-order valence-electron chi connectivity index (χ1n) is 16.3. The van der Waals surface area contributed by atoms with Gasteiger partial charge in [0, 0.05) is 0 Å². The van der Waals surface area contributed by atoms with Gasteiger partial charge in [-0.25, -0.2) is 0 Å². The summed E-state index contributed by atoms with van der Waals surface area (Å²) in [6.07, 6.45) is 22.8. The van der Waals surface area contributed by atoms with Crippen molar-refractivity contribution in [2.24, 2.45) is 52.8 Å². The molecule has 0 unspecified atom stereocenters. The third kappa shape index (κ3) is 6.09. The Balaban J connectivity index is 1.68. The molecule has 37 heavy (non-hydrogen) atoms. The molecule has 0 radical (unpaired) electrons. The molecule has 0 heterocycles. The maximum atomic E-state index is 4.39. The van der Waals surface area contributed by atoms with Gasteiger partial charge in [0.15, 0.2) is 0 Å². The molecule has 0 aliphatic heterocycles. The van der Waals surface area contributed by atoms with Crippen LogP contribution >= 0.6 is 0 Å². The molecule has 208 valence electrons. The van der Waals surface area contributed by atoms with Gasteiger partial charge in [-0.15, -0.1) is 0 Å². The summed E-state index contributed by atoms with van der Waals surface area (Å²) in [5.41, 5.74) is 6.31. The smallest absolute Gasteiger partial charge is 0.0184 e. The second kappa shape index (κ2) is 12.4. The highest BCUT2D eigenvalue weighted by Crippen LogP contribution is 2.64. The van der Waals surface area contributed by atoms with Crippen molar-refractivity contribution in [2.45, 2.75) is 130 Å². The second-order valence-electron chi connectivity index (χ2n) is 14.6. The predicted octanol–water partition coefficient (Wildman–Crippen LogP) is 11.5. The van der Waals surface area contributed by atoms with Crippen LogP contribution in [0.1, 0.15) is 130 Å². The van der Waals surface area contributed by atoms with Gasteiger partial charge in [-0.1, -0.05) is 48.6 Å². The normalized spacial score (nSPS) is 38.8. The van der Waals surface area contributed by atoms with Crippen molar-refractivity contribution in [2.75, 3.05) is 0 Å². The topological polar surface area (TPSA) is 0 Å². The van der Waals surface area contributed by atoms with E-state index in [1.165, 1.54) is 125 Å². The molecule has 4 aliphatic rings. The molecule has 0 aromatic heterocycles. The fraction of sp³-hybridized carbons (Fsp3) is 0.784. The molecule has 0 heteroatoms. The summed E-state index contributed by atoms with van der Waals surface area (Å²) in [6, 6.07) is 0. The molecule has 0 aromatic carbocycles. The maximum absolute atomic E-state index is 4.39. The first-order valence-corrected chi connectivity index (χ1v) is 16.3. The number of allylic oxidation sites excluding steroid dienone is 4. The fourth-order valence-electron chi connectivity index (χ4n) is 10.3. The summed E-state index contributed by atoms with van der Waals surface area (Å²) < 4.78 is 0. The molecule has 4 aliphatic carbocycles. The zero-order valence-corrected chi connectivity index (χ0v) is 25.3. The number of hydrogen-bond acceptors (Lipinski definition) is 0. The van der Waals surface area contributed by atoms with Crippen LogP contribution in [-0.4, -0.2) is 0 Å². The van der Waals surface area contributed by atoms with Crippen molar-refractivity contribution >= 4 is 0 Å². The molecule has 0 spiro atoms. The molecule has 0 nitrogen and oxygen atoms in total. The SMILES string of the molecule is C=C(C)C1CCC(C(C2CCC(C(=C)C)CC2)(C2CCC(C(=C)C)CC2)C2CCC(C(=C)C)CC2)CC1. The van der Waals surface area contributed by atoms with Gasteiger partial charge in [-0.2, -0.15) is 0 Å². The van der Waals surface area contributed by atoms with Crippen LogP contribution in [0.2, 0.25) is 0 Å². The molecular weight excluding hydrogens is 444 g/mol. The third-order valence-electron chi connectivity index (χ3n) is 12.5. The molecule has 4 rings (SSSR count). The van der Waals surface area contributed by atoms with Gasteiger partial charge in [0.05, 0.1) is 0 Å². The van der Waals surface area contributed by atoms with Crippen LogP contribution in [0, 0.1) is 52.8 Å². The lowest BCUT2D eigenvalue weighted by Gasteiger charge is -2.61. The lowest BCUT2D eigenvalue weighted by molar-refractivity contribution is -0.115. The molecule has 0 amide bonds. The number of hydrogen-bond donors (Lipinski definition) is 0. The predicted molar refractivity (Wildman–Crippen MR) is 163 cm³/mol. The van der Waals surface area contributed by atoms with Crippen LogP contribution in [0.3, 0.4) is 0 Å². The van der Waals surface area contributed by atoms with Crippen LogP contribution in [-0.2, 0) is 0 Å². The van der Waals surface area contributed by atoms with Crippen molar-refractivity contribution in [3.05, 3.63) is 48.6 Å². The van der Waals surface area contributed by atoms with Gasteiger partial charge < -0.3 is 0 Å². The zero-order chi connectivity index (χ0) is 26.7. The highest BCUT2D eigenvalue weighted by atomic mass is 14.6. The molecule has 0 atom stereocenters. The lowest BCUT2D eigenvalue weighted by Crippen LogP contribution is -2.53. The minimum absolute atomic E-state index is 0.556. The lowest BCUT2D eigenvalue weighted by atomic mass is 9.44. The Morgan fingerprint density at radius 1 is 0.351 bits per heavy atom. The Labute approximate surface area is 231 Å². The van der Waals surface area contributed by atoms with E-state index >= 15 is 0 Å². The van der Waals surface area contributed by atoms with Gasteiger partial charge in [0.1, 0.15) is 0 Å². The first-order chi connectivity index (χ1) is 17.6. The molecule has 0 aromatic rings.